The average Bonchev–Trinajstić information content (AvgIpc) is 2.35. The van der Waals surface area contributed by atoms with E-state index in [0.29, 0.717) is 0 Å². The molecule has 0 bridgehead atoms. The molecule has 138 valence electrons. The fraction of sp³-hybridized carbons (Fsp3) is 0.571. The summed E-state index contributed by atoms with van der Waals surface area (Å²) in [5, 5.41) is -5.52. The van der Waals surface area contributed by atoms with Gasteiger partial charge in [-0.2, -0.15) is 30.4 Å². The molecular formula is C14H17F5O4S. The van der Waals surface area contributed by atoms with E-state index in [0.717, 1.165) is 5.56 Å². The molecule has 1 unspecified atom stereocenters. The predicted octanol–water partition coefficient (Wildman–Crippen LogP) is 3.91. The molecule has 10 heteroatoms. The molecule has 4 nitrogen and oxygen atoms in total. The molecule has 0 saturated carbocycles. The molecule has 1 N–H and O–H groups in total. The van der Waals surface area contributed by atoms with Crippen molar-refractivity contribution < 1.29 is 39.7 Å². The van der Waals surface area contributed by atoms with E-state index >= 15 is 0 Å². The van der Waals surface area contributed by atoms with Crippen molar-refractivity contribution in [2.45, 2.75) is 50.3 Å². The molecule has 0 spiro atoms. The van der Waals surface area contributed by atoms with Crippen molar-refractivity contribution in [3.05, 3.63) is 35.4 Å². The van der Waals surface area contributed by atoms with Gasteiger partial charge in [0.15, 0.2) is 0 Å². The van der Waals surface area contributed by atoms with E-state index in [4.69, 9.17) is 4.55 Å². The minimum Gasteiger partial charge on any atom is -0.357 e. The van der Waals surface area contributed by atoms with E-state index in [1.165, 1.54) is 12.1 Å². The summed E-state index contributed by atoms with van der Waals surface area (Å²) >= 11 is 0. The first-order valence-electron chi connectivity index (χ1n) is 6.69. The topological polar surface area (TPSA) is 63.6 Å². The second-order valence-corrected chi connectivity index (χ2v) is 7.71. The van der Waals surface area contributed by atoms with E-state index in [2.05, 4.69) is 4.74 Å². The molecule has 0 aliphatic heterocycles. The van der Waals surface area contributed by atoms with Crippen LogP contribution in [0.2, 0.25) is 0 Å². The quantitative estimate of drug-likeness (QED) is 0.625. The largest absolute Gasteiger partial charge is 0.421 e. The zero-order chi connectivity index (χ0) is 19.0. The van der Waals surface area contributed by atoms with Crippen LogP contribution in [0.4, 0.5) is 22.0 Å². The zero-order valence-electron chi connectivity index (χ0n) is 13.1. The second-order valence-electron chi connectivity index (χ2n) is 6.22. The molecule has 0 saturated heterocycles. The van der Waals surface area contributed by atoms with E-state index in [-0.39, 0.29) is 11.0 Å². The molecule has 0 aromatic heterocycles. The number of rotatable bonds is 5. The van der Waals surface area contributed by atoms with Crippen LogP contribution >= 0.6 is 0 Å². The highest BCUT2D eigenvalue weighted by atomic mass is 32.2. The Morgan fingerprint density at radius 3 is 1.83 bits per heavy atom. The predicted molar refractivity (Wildman–Crippen MR) is 76.3 cm³/mol. The van der Waals surface area contributed by atoms with Gasteiger partial charge in [-0.05, 0) is 16.5 Å². The van der Waals surface area contributed by atoms with Gasteiger partial charge in [-0.15, -0.1) is 0 Å². The Labute approximate surface area is 136 Å². The van der Waals surface area contributed by atoms with Crippen molar-refractivity contribution in [2.24, 2.45) is 0 Å². The van der Waals surface area contributed by atoms with E-state index in [1.54, 1.807) is 12.1 Å². The Hall–Kier alpha value is -1.26. The zero-order valence-corrected chi connectivity index (χ0v) is 13.9. The molecule has 0 fully saturated rings. The third kappa shape index (κ3) is 4.87. The number of halogens is 5. The smallest absolute Gasteiger partial charge is 0.357 e. The number of hydrogen-bond acceptors (Lipinski definition) is 3. The van der Waals surface area contributed by atoms with Crippen molar-refractivity contribution in [2.75, 3.05) is 0 Å². The third-order valence-corrected chi connectivity index (χ3v) is 4.09. The summed E-state index contributed by atoms with van der Waals surface area (Å²) in [6.45, 7) is 4.82. The maximum atomic E-state index is 13.3. The van der Waals surface area contributed by atoms with Gasteiger partial charge in [0, 0.05) is 0 Å². The molecule has 1 rings (SSSR count). The summed E-state index contributed by atoms with van der Waals surface area (Å²) < 4.78 is 98.2. The fourth-order valence-electron chi connectivity index (χ4n) is 1.80. The standard InChI is InChI=1S/C14H17F5O4S/c1-12(2,3)10-6-4-9(5-7-10)8-23-11(13(15,16)17)14(18,19)24(20,21)22/h4-7,11H,8H2,1-3H3,(H,20,21,22). The van der Waals surface area contributed by atoms with Crippen LogP contribution in [0.15, 0.2) is 24.3 Å². The summed E-state index contributed by atoms with van der Waals surface area (Å²) in [4.78, 5) is 0. The van der Waals surface area contributed by atoms with Gasteiger partial charge >= 0.3 is 21.5 Å². The van der Waals surface area contributed by atoms with Crippen LogP contribution in [-0.2, 0) is 26.9 Å². The van der Waals surface area contributed by atoms with Crippen LogP contribution in [0, 0.1) is 0 Å². The monoisotopic (exact) mass is 376 g/mol. The van der Waals surface area contributed by atoms with Crippen molar-refractivity contribution in [1.82, 2.24) is 0 Å². The lowest BCUT2D eigenvalue weighted by Gasteiger charge is -2.26. The molecule has 0 heterocycles. The first-order chi connectivity index (χ1) is 10.6. The van der Waals surface area contributed by atoms with E-state index in [9.17, 15) is 30.4 Å². The molecule has 1 atom stereocenters. The summed E-state index contributed by atoms with van der Waals surface area (Å²) in [5.74, 6) is 0. The van der Waals surface area contributed by atoms with Gasteiger partial charge in [-0.1, -0.05) is 45.0 Å². The summed E-state index contributed by atoms with van der Waals surface area (Å²) in [7, 11) is -6.29. The summed E-state index contributed by atoms with van der Waals surface area (Å²) in [5.41, 5.74) is 0.789. The van der Waals surface area contributed by atoms with Crippen molar-refractivity contribution in [3.8, 4) is 0 Å². The van der Waals surface area contributed by atoms with Crippen LogP contribution in [0.3, 0.4) is 0 Å². The van der Waals surface area contributed by atoms with Crippen molar-refractivity contribution in [3.63, 3.8) is 0 Å². The maximum absolute atomic E-state index is 13.3. The van der Waals surface area contributed by atoms with Gasteiger partial charge in [0.2, 0.25) is 6.10 Å². The Morgan fingerprint density at radius 1 is 1.04 bits per heavy atom. The van der Waals surface area contributed by atoms with Crippen LogP contribution in [0.5, 0.6) is 0 Å². The van der Waals surface area contributed by atoms with Crippen LogP contribution < -0.4 is 0 Å². The fourth-order valence-corrected chi connectivity index (χ4v) is 2.27. The normalized spacial score (nSPS) is 15.4. The number of ether oxygens (including phenoxy) is 1. The summed E-state index contributed by atoms with van der Waals surface area (Å²) in [6.07, 6.45) is -9.67. The molecule has 24 heavy (non-hydrogen) atoms. The minimum atomic E-state index is -6.29. The highest BCUT2D eigenvalue weighted by Crippen LogP contribution is 2.38. The number of alkyl halides is 5. The SMILES string of the molecule is CC(C)(C)c1ccc(COC(C(F)(F)F)C(F)(F)S(=O)(=O)O)cc1. The van der Waals surface area contributed by atoms with Gasteiger partial charge in [0.1, 0.15) is 0 Å². The molecule has 1 aromatic rings. The van der Waals surface area contributed by atoms with Crippen LogP contribution in [0.1, 0.15) is 31.9 Å². The van der Waals surface area contributed by atoms with Crippen molar-refractivity contribution in [1.29, 1.82) is 0 Å². The molecule has 0 aliphatic rings. The Bertz CT molecular complexity index is 660. The molecule has 1 aromatic carbocycles. The maximum Gasteiger partial charge on any atom is 0.421 e. The average molecular weight is 376 g/mol. The van der Waals surface area contributed by atoms with Crippen LogP contribution in [0.25, 0.3) is 0 Å². The van der Waals surface area contributed by atoms with Gasteiger partial charge in [0.25, 0.3) is 0 Å². The minimum absolute atomic E-state index is 0.142. The Balaban J connectivity index is 2.99. The first-order valence-corrected chi connectivity index (χ1v) is 8.13. The van der Waals surface area contributed by atoms with Gasteiger partial charge in [0.05, 0.1) is 6.61 Å². The lowest BCUT2D eigenvalue weighted by molar-refractivity contribution is -0.267. The van der Waals surface area contributed by atoms with Gasteiger partial charge in [-0.25, -0.2) is 0 Å². The lowest BCUT2D eigenvalue weighted by atomic mass is 9.87. The highest BCUT2D eigenvalue weighted by Gasteiger charge is 2.64. The molecule has 0 aliphatic carbocycles. The molecule has 0 amide bonds. The molecule has 0 radical (unpaired) electrons. The van der Waals surface area contributed by atoms with E-state index < -0.39 is 34.3 Å². The second kappa shape index (κ2) is 6.57. The first kappa shape index (κ1) is 20.8. The Kier molecular flexibility index (Phi) is 5.69. The number of benzene rings is 1. The van der Waals surface area contributed by atoms with Crippen molar-refractivity contribution >= 4 is 10.1 Å². The van der Waals surface area contributed by atoms with Gasteiger partial charge in [-0.3, -0.25) is 4.55 Å². The van der Waals surface area contributed by atoms with Gasteiger partial charge < -0.3 is 4.74 Å². The third-order valence-electron chi connectivity index (χ3n) is 3.18. The van der Waals surface area contributed by atoms with E-state index in [1.807, 2.05) is 20.8 Å². The Morgan fingerprint density at radius 2 is 1.50 bits per heavy atom. The lowest BCUT2D eigenvalue weighted by Crippen LogP contribution is -2.51. The highest BCUT2D eigenvalue weighted by molar-refractivity contribution is 7.86. The number of hydrogen-bond donors (Lipinski definition) is 1. The molecular weight excluding hydrogens is 359 g/mol. The summed E-state index contributed by atoms with van der Waals surface area (Å²) in [6, 6.07) is 5.98. The van der Waals surface area contributed by atoms with Crippen LogP contribution in [-0.4, -0.2) is 30.5 Å².